The van der Waals surface area contributed by atoms with Crippen LogP contribution in [0.2, 0.25) is 0 Å². The SMILES string of the molecule is Cc1ccc(-c2nnc([C@@H](C)Sc3nc(C)nc4sc5c(c34)CCC5)o2)cc1. The third-order valence-electron chi connectivity index (χ3n) is 5.02. The molecule has 0 amide bonds. The summed E-state index contributed by atoms with van der Waals surface area (Å²) in [4.78, 5) is 12.0. The molecule has 1 aromatic carbocycles. The van der Waals surface area contributed by atoms with E-state index < -0.39 is 0 Å². The summed E-state index contributed by atoms with van der Waals surface area (Å²) in [6.45, 7) is 6.11. The predicted molar refractivity (Wildman–Crippen MR) is 113 cm³/mol. The Morgan fingerprint density at radius 1 is 1.07 bits per heavy atom. The van der Waals surface area contributed by atoms with E-state index in [9.17, 15) is 0 Å². The minimum atomic E-state index is 0.0150. The summed E-state index contributed by atoms with van der Waals surface area (Å²) in [5, 5.41) is 10.8. The number of benzene rings is 1. The molecule has 0 spiro atoms. The number of aromatic nitrogens is 4. The highest BCUT2D eigenvalue weighted by molar-refractivity contribution is 7.99. The zero-order chi connectivity index (χ0) is 19.3. The van der Waals surface area contributed by atoms with Crippen LogP contribution in [0.1, 0.15) is 46.3 Å². The van der Waals surface area contributed by atoms with Gasteiger partial charge < -0.3 is 4.42 Å². The van der Waals surface area contributed by atoms with Gasteiger partial charge in [-0.1, -0.05) is 29.5 Å². The van der Waals surface area contributed by atoms with Crippen molar-refractivity contribution in [3.63, 3.8) is 0 Å². The van der Waals surface area contributed by atoms with Gasteiger partial charge in [-0.15, -0.1) is 21.5 Å². The Morgan fingerprint density at radius 2 is 1.89 bits per heavy atom. The normalized spacial score (nSPS) is 14.5. The molecule has 0 saturated heterocycles. The smallest absolute Gasteiger partial charge is 0.247 e. The minimum Gasteiger partial charge on any atom is -0.419 e. The molecule has 0 N–H and O–H groups in total. The predicted octanol–water partition coefficient (Wildman–Crippen LogP) is 5.70. The first-order chi connectivity index (χ1) is 13.6. The molecule has 142 valence electrons. The number of hydrogen-bond acceptors (Lipinski definition) is 7. The van der Waals surface area contributed by atoms with Crippen molar-refractivity contribution in [1.82, 2.24) is 20.2 Å². The Labute approximate surface area is 171 Å². The Hall–Kier alpha value is -2.25. The van der Waals surface area contributed by atoms with Crippen LogP contribution in [0.5, 0.6) is 0 Å². The molecule has 0 fully saturated rings. The number of fused-ring (bicyclic) bond motifs is 3. The van der Waals surface area contributed by atoms with Crippen LogP contribution in [0.25, 0.3) is 21.7 Å². The van der Waals surface area contributed by atoms with Crippen molar-refractivity contribution in [2.45, 2.75) is 50.3 Å². The lowest BCUT2D eigenvalue weighted by atomic mass is 10.1. The van der Waals surface area contributed by atoms with Gasteiger partial charge in [-0.25, -0.2) is 9.97 Å². The summed E-state index contributed by atoms with van der Waals surface area (Å²) in [5.41, 5.74) is 3.59. The molecule has 1 aliphatic carbocycles. The summed E-state index contributed by atoms with van der Waals surface area (Å²) in [5.74, 6) is 1.99. The summed E-state index contributed by atoms with van der Waals surface area (Å²) in [7, 11) is 0. The first kappa shape index (κ1) is 17.8. The molecular formula is C21H20N4OS2. The lowest BCUT2D eigenvalue weighted by Gasteiger charge is -2.09. The maximum atomic E-state index is 5.98. The highest BCUT2D eigenvalue weighted by Gasteiger charge is 2.24. The molecule has 5 nitrogen and oxygen atoms in total. The van der Waals surface area contributed by atoms with Crippen molar-refractivity contribution >= 4 is 33.3 Å². The Balaban J connectivity index is 1.46. The van der Waals surface area contributed by atoms with Gasteiger partial charge >= 0.3 is 0 Å². The van der Waals surface area contributed by atoms with Crippen molar-refractivity contribution in [3.05, 3.63) is 52.0 Å². The monoisotopic (exact) mass is 408 g/mol. The molecule has 0 unspecified atom stereocenters. The van der Waals surface area contributed by atoms with Crippen LogP contribution < -0.4 is 0 Å². The lowest BCUT2D eigenvalue weighted by Crippen LogP contribution is -1.95. The van der Waals surface area contributed by atoms with Gasteiger partial charge in [0.1, 0.15) is 15.7 Å². The molecule has 3 aromatic heterocycles. The Bertz CT molecular complexity index is 1160. The fourth-order valence-electron chi connectivity index (χ4n) is 3.58. The average molecular weight is 409 g/mol. The molecule has 1 atom stereocenters. The minimum absolute atomic E-state index is 0.0150. The maximum Gasteiger partial charge on any atom is 0.247 e. The second-order valence-electron chi connectivity index (χ2n) is 7.19. The van der Waals surface area contributed by atoms with Crippen LogP contribution in [0.4, 0.5) is 0 Å². The van der Waals surface area contributed by atoms with Crippen LogP contribution >= 0.6 is 23.1 Å². The average Bonchev–Trinajstić information content (AvgIpc) is 3.37. The van der Waals surface area contributed by atoms with Crippen molar-refractivity contribution in [1.29, 1.82) is 0 Å². The van der Waals surface area contributed by atoms with E-state index in [-0.39, 0.29) is 5.25 Å². The molecule has 4 aromatic rings. The van der Waals surface area contributed by atoms with E-state index >= 15 is 0 Å². The van der Waals surface area contributed by atoms with Crippen LogP contribution in [0.3, 0.4) is 0 Å². The Kier molecular flexibility index (Phi) is 4.44. The summed E-state index contributed by atoms with van der Waals surface area (Å²) >= 11 is 3.51. The van der Waals surface area contributed by atoms with E-state index in [4.69, 9.17) is 9.40 Å². The van der Waals surface area contributed by atoms with Crippen molar-refractivity contribution in [2.24, 2.45) is 0 Å². The van der Waals surface area contributed by atoms with Gasteiger partial charge in [0.2, 0.25) is 11.8 Å². The third-order valence-corrected chi connectivity index (χ3v) is 7.28. The number of thiophene rings is 1. The molecule has 5 rings (SSSR count). The number of hydrogen-bond donors (Lipinski definition) is 0. The highest BCUT2D eigenvalue weighted by Crippen LogP contribution is 2.44. The van der Waals surface area contributed by atoms with Crippen LogP contribution in [0, 0.1) is 13.8 Å². The number of rotatable bonds is 4. The molecule has 0 aliphatic heterocycles. The van der Waals surface area contributed by atoms with Crippen LogP contribution in [-0.2, 0) is 12.8 Å². The third kappa shape index (κ3) is 3.12. The van der Waals surface area contributed by atoms with E-state index in [0.29, 0.717) is 11.8 Å². The number of nitrogens with zero attached hydrogens (tertiary/aromatic N) is 4. The zero-order valence-electron chi connectivity index (χ0n) is 16.0. The lowest BCUT2D eigenvalue weighted by molar-refractivity contribution is 0.509. The van der Waals surface area contributed by atoms with Gasteiger partial charge in [0, 0.05) is 15.8 Å². The zero-order valence-corrected chi connectivity index (χ0v) is 17.7. The van der Waals surface area contributed by atoms with Gasteiger partial charge in [-0.05, 0) is 57.7 Å². The van der Waals surface area contributed by atoms with Gasteiger partial charge in [-0.2, -0.15) is 0 Å². The second-order valence-corrected chi connectivity index (χ2v) is 9.60. The Morgan fingerprint density at radius 3 is 2.71 bits per heavy atom. The fraction of sp³-hybridized carbons (Fsp3) is 0.333. The van der Waals surface area contributed by atoms with Gasteiger partial charge in [0.15, 0.2) is 0 Å². The largest absolute Gasteiger partial charge is 0.419 e. The summed E-state index contributed by atoms with van der Waals surface area (Å²) in [6.07, 6.45) is 3.52. The van der Waals surface area contributed by atoms with Gasteiger partial charge in [0.25, 0.3) is 0 Å². The summed E-state index contributed by atoms with van der Waals surface area (Å²) < 4.78 is 5.98. The number of aryl methyl sites for hydroxylation is 4. The van der Waals surface area contributed by atoms with Crippen molar-refractivity contribution in [3.8, 4) is 11.5 Å². The molecule has 1 aliphatic rings. The quantitative estimate of drug-likeness (QED) is 0.319. The molecule has 3 heterocycles. The van der Waals surface area contributed by atoms with Crippen molar-refractivity contribution < 1.29 is 4.42 Å². The van der Waals surface area contributed by atoms with E-state index in [2.05, 4.69) is 41.2 Å². The molecule has 0 saturated carbocycles. The first-order valence-corrected chi connectivity index (χ1v) is 11.1. The molecule has 0 bridgehead atoms. The number of thioether (sulfide) groups is 1. The molecular weight excluding hydrogens is 388 g/mol. The van der Waals surface area contributed by atoms with E-state index in [1.54, 1.807) is 11.8 Å². The first-order valence-electron chi connectivity index (χ1n) is 9.44. The van der Waals surface area contributed by atoms with Gasteiger partial charge in [-0.3, -0.25) is 0 Å². The van der Waals surface area contributed by atoms with Crippen LogP contribution in [-0.4, -0.2) is 20.2 Å². The maximum absolute atomic E-state index is 5.98. The topological polar surface area (TPSA) is 64.7 Å². The highest BCUT2D eigenvalue weighted by atomic mass is 32.2. The molecule has 7 heteroatoms. The van der Waals surface area contributed by atoms with Gasteiger partial charge in [0.05, 0.1) is 5.25 Å². The van der Waals surface area contributed by atoms with Crippen LogP contribution in [0.15, 0.2) is 33.7 Å². The van der Waals surface area contributed by atoms with E-state index in [1.807, 2.05) is 30.4 Å². The molecule has 28 heavy (non-hydrogen) atoms. The van der Waals surface area contributed by atoms with E-state index in [0.717, 1.165) is 27.7 Å². The van der Waals surface area contributed by atoms with Crippen molar-refractivity contribution in [2.75, 3.05) is 0 Å². The fourth-order valence-corrected chi connectivity index (χ4v) is 6.00. The van der Waals surface area contributed by atoms with E-state index in [1.165, 1.54) is 34.2 Å². The second kappa shape index (κ2) is 6.97. The molecule has 0 radical (unpaired) electrons. The summed E-state index contributed by atoms with van der Waals surface area (Å²) in [6, 6.07) is 8.12. The standard InChI is InChI=1S/C21H20N4OS2/c1-11-7-9-14(10-8-11)19-25-24-18(26-19)12(2)27-20-17-15-5-4-6-16(15)28-21(17)23-13(3)22-20/h7-10,12H,4-6H2,1-3H3/t12-/m1/s1.